The van der Waals surface area contributed by atoms with E-state index < -0.39 is 0 Å². The lowest BCUT2D eigenvalue weighted by molar-refractivity contribution is 0.767. The zero-order chi connectivity index (χ0) is 23.1. The molecule has 0 amide bonds. The third kappa shape index (κ3) is 4.13. The smallest absolute Gasteiger partial charge is 0.0713 e. The standard InChI is InChI=1S/C26H20.C7H10/c1-19-16-17-23-22-14-8-9-15-24(22)26(25(23)18-19,20-10-4-2-5-11-20)21-12-6-3-7-13-21;1-3-5-7-6-4-2/h2-18H,1H3;3-7H,1H2,2H3/b;6-4-,7-5-. The van der Waals surface area contributed by atoms with Crippen LogP contribution < -0.4 is 0 Å². The van der Waals surface area contributed by atoms with Gasteiger partial charge in [-0.1, -0.05) is 146 Å². The molecule has 0 aromatic heterocycles. The largest absolute Gasteiger partial charge is 0.0991 e. The summed E-state index contributed by atoms with van der Waals surface area (Å²) in [7, 11) is 0. The van der Waals surface area contributed by atoms with E-state index in [4.69, 9.17) is 0 Å². The molecule has 33 heavy (non-hydrogen) atoms. The maximum absolute atomic E-state index is 3.51. The third-order valence-electron chi connectivity index (χ3n) is 6.16. The van der Waals surface area contributed by atoms with E-state index in [1.165, 1.54) is 38.9 Å². The molecule has 0 saturated carbocycles. The summed E-state index contributed by atoms with van der Waals surface area (Å²) in [6.45, 7) is 7.68. The first-order valence-electron chi connectivity index (χ1n) is 11.5. The zero-order valence-corrected chi connectivity index (χ0v) is 19.4. The van der Waals surface area contributed by atoms with Crippen molar-refractivity contribution in [2.75, 3.05) is 0 Å². The van der Waals surface area contributed by atoms with Gasteiger partial charge >= 0.3 is 0 Å². The van der Waals surface area contributed by atoms with Crippen molar-refractivity contribution in [3.05, 3.63) is 168 Å². The van der Waals surface area contributed by atoms with Gasteiger partial charge in [0.2, 0.25) is 0 Å². The minimum Gasteiger partial charge on any atom is -0.0991 e. The van der Waals surface area contributed by atoms with E-state index in [-0.39, 0.29) is 5.41 Å². The summed E-state index contributed by atoms with van der Waals surface area (Å²) in [5, 5.41) is 0. The summed E-state index contributed by atoms with van der Waals surface area (Å²) >= 11 is 0. The molecule has 1 aliphatic rings. The average Bonchev–Trinajstić information content (AvgIpc) is 3.16. The first-order chi connectivity index (χ1) is 16.2. The van der Waals surface area contributed by atoms with Crippen LogP contribution in [-0.4, -0.2) is 0 Å². The Kier molecular flexibility index (Phi) is 6.86. The second-order valence-electron chi connectivity index (χ2n) is 8.22. The Balaban J connectivity index is 0.000000325. The molecule has 4 aromatic carbocycles. The molecule has 0 bridgehead atoms. The number of allylic oxidation sites excluding steroid dienone is 5. The van der Waals surface area contributed by atoms with E-state index in [9.17, 15) is 0 Å². The van der Waals surface area contributed by atoms with Crippen LogP contribution in [0.25, 0.3) is 11.1 Å². The minimum atomic E-state index is -0.263. The van der Waals surface area contributed by atoms with Crippen LogP contribution in [0, 0.1) is 6.92 Å². The van der Waals surface area contributed by atoms with Crippen molar-refractivity contribution < 1.29 is 0 Å². The summed E-state index contributed by atoms with van der Waals surface area (Å²) in [5.41, 5.74) is 9.13. The van der Waals surface area contributed by atoms with E-state index in [1.54, 1.807) is 6.08 Å². The van der Waals surface area contributed by atoms with Gasteiger partial charge in [0.25, 0.3) is 0 Å². The van der Waals surface area contributed by atoms with Gasteiger partial charge in [0.05, 0.1) is 5.41 Å². The maximum Gasteiger partial charge on any atom is 0.0713 e. The molecule has 0 atom stereocenters. The molecule has 0 heteroatoms. The first kappa shape index (κ1) is 22.3. The summed E-state index contributed by atoms with van der Waals surface area (Å²) < 4.78 is 0. The van der Waals surface area contributed by atoms with Crippen LogP contribution in [-0.2, 0) is 5.41 Å². The fraction of sp³-hybridized carbons (Fsp3) is 0.0909. The van der Waals surface area contributed by atoms with Gasteiger partial charge in [0, 0.05) is 0 Å². The Bertz CT molecular complexity index is 1230. The Labute approximate surface area is 198 Å². The maximum atomic E-state index is 3.51. The van der Waals surface area contributed by atoms with Crippen LogP contribution in [0.2, 0.25) is 0 Å². The van der Waals surface area contributed by atoms with E-state index in [2.05, 4.69) is 117 Å². The monoisotopic (exact) mass is 426 g/mol. The van der Waals surface area contributed by atoms with Gasteiger partial charge in [0.15, 0.2) is 0 Å². The van der Waals surface area contributed by atoms with Gasteiger partial charge in [-0.15, -0.1) is 0 Å². The van der Waals surface area contributed by atoms with Gasteiger partial charge in [0.1, 0.15) is 0 Å². The van der Waals surface area contributed by atoms with E-state index in [0.717, 1.165) is 0 Å². The van der Waals surface area contributed by atoms with Crippen LogP contribution >= 0.6 is 0 Å². The minimum absolute atomic E-state index is 0.263. The lowest BCUT2D eigenvalue weighted by Gasteiger charge is -2.34. The van der Waals surface area contributed by atoms with Gasteiger partial charge < -0.3 is 0 Å². The molecule has 0 spiro atoms. The topological polar surface area (TPSA) is 0 Å². The molecular weight excluding hydrogens is 396 g/mol. The van der Waals surface area contributed by atoms with Crippen LogP contribution in [0.4, 0.5) is 0 Å². The fourth-order valence-electron chi connectivity index (χ4n) is 4.81. The predicted molar refractivity (Wildman–Crippen MR) is 143 cm³/mol. The van der Waals surface area contributed by atoms with Gasteiger partial charge in [-0.2, -0.15) is 0 Å². The lowest BCUT2D eigenvalue weighted by atomic mass is 9.67. The van der Waals surface area contributed by atoms with Gasteiger partial charge in [-0.25, -0.2) is 0 Å². The van der Waals surface area contributed by atoms with Crippen LogP contribution in [0.5, 0.6) is 0 Å². The highest BCUT2D eigenvalue weighted by atomic mass is 14.5. The molecule has 0 radical (unpaired) electrons. The highest BCUT2D eigenvalue weighted by molar-refractivity contribution is 5.86. The molecule has 1 aliphatic carbocycles. The molecule has 0 fully saturated rings. The highest BCUT2D eigenvalue weighted by Gasteiger charge is 2.45. The first-order valence-corrected chi connectivity index (χ1v) is 11.5. The Morgan fingerprint density at radius 3 is 1.79 bits per heavy atom. The third-order valence-corrected chi connectivity index (χ3v) is 6.16. The summed E-state index contributed by atoms with van der Waals surface area (Å²) in [5.74, 6) is 0. The van der Waals surface area contributed by atoms with E-state index in [1.807, 2.05) is 31.2 Å². The lowest BCUT2D eigenvalue weighted by Crippen LogP contribution is -2.28. The molecular formula is C33H30. The van der Waals surface area contributed by atoms with Crippen molar-refractivity contribution in [1.82, 2.24) is 0 Å². The zero-order valence-electron chi connectivity index (χ0n) is 19.4. The van der Waals surface area contributed by atoms with E-state index >= 15 is 0 Å². The van der Waals surface area contributed by atoms with Crippen molar-refractivity contribution in [1.29, 1.82) is 0 Å². The van der Waals surface area contributed by atoms with Crippen LogP contribution in [0.15, 0.2) is 140 Å². The van der Waals surface area contributed by atoms with Crippen molar-refractivity contribution in [2.45, 2.75) is 19.3 Å². The van der Waals surface area contributed by atoms with E-state index in [0.29, 0.717) is 0 Å². The molecule has 162 valence electrons. The summed E-state index contributed by atoms with van der Waals surface area (Å²) in [6, 6.07) is 37.6. The van der Waals surface area contributed by atoms with Crippen molar-refractivity contribution in [3.8, 4) is 11.1 Å². The molecule has 5 rings (SSSR count). The second kappa shape index (κ2) is 10.1. The highest BCUT2D eigenvalue weighted by Crippen LogP contribution is 2.55. The van der Waals surface area contributed by atoms with Gasteiger partial charge in [-0.05, 0) is 47.2 Å². The number of fused-ring (bicyclic) bond motifs is 3. The number of rotatable bonds is 4. The van der Waals surface area contributed by atoms with Crippen LogP contribution in [0.3, 0.4) is 0 Å². The number of benzene rings is 4. The normalized spacial score (nSPS) is 13.3. The summed E-state index contributed by atoms with van der Waals surface area (Å²) in [6.07, 6.45) is 9.51. The summed E-state index contributed by atoms with van der Waals surface area (Å²) in [4.78, 5) is 0. The Morgan fingerprint density at radius 2 is 1.18 bits per heavy atom. The molecule has 0 nitrogen and oxygen atoms in total. The van der Waals surface area contributed by atoms with Crippen molar-refractivity contribution >= 4 is 0 Å². The van der Waals surface area contributed by atoms with Crippen LogP contribution in [0.1, 0.15) is 34.7 Å². The Hall–Kier alpha value is -3.90. The number of aryl methyl sites for hydroxylation is 1. The van der Waals surface area contributed by atoms with Crippen molar-refractivity contribution in [3.63, 3.8) is 0 Å². The molecule has 0 aliphatic heterocycles. The molecule has 4 aromatic rings. The van der Waals surface area contributed by atoms with Crippen molar-refractivity contribution in [2.24, 2.45) is 0 Å². The Morgan fingerprint density at radius 1 is 0.606 bits per heavy atom. The quantitative estimate of drug-likeness (QED) is 0.252. The molecule has 0 N–H and O–H groups in total. The molecule has 0 heterocycles. The molecule has 0 unspecified atom stereocenters. The fourth-order valence-corrected chi connectivity index (χ4v) is 4.81. The predicted octanol–water partition coefficient (Wildman–Crippen LogP) is 8.66. The molecule has 0 saturated heterocycles. The number of hydrogen-bond donors (Lipinski definition) is 0. The SMILES string of the molecule is C=C/C=C\C=C/C.Cc1ccc2c(c1)C(c1ccccc1)(c1ccccc1)c1ccccc1-2. The number of hydrogen-bond acceptors (Lipinski definition) is 0. The van der Waals surface area contributed by atoms with Gasteiger partial charge in [-0.3, -0.25) is 0 Å². The average molecular weight is 427 g/mol. The second-order valence-corrected chi connectivity index (χ2v) is 8.22.